The van der Waals surface area contributed by atoms with Crippen LogP contribution in [0.15, 0.2) is 23.0 Å². The molecule has 16 nitrogen and oxygen atoms in total. The number of carbonyl (C=O) groups excluding carboxylic acids is 5. The molecule has 0 amide bonds. The van der Waals surface area contributed by atoms with Crippen LogP contribution >= 0.6 is 0 Å². The molecule has 15 atom stereocenters. The molecule has 1 unspecified atom stereocenters. The van der Waals surface area contributed by atoms with Gasteiger partial charge >= 0.3 is 29.8 Å². The zero-order chi connectivity index (χ0) is 40.9. The Hall–Kier alpha value is -3.57. The van der Waals surface area contributed by atoms with Crippen molar-refractivity contribution in [2.45, 2.75) is 152 Å². The predicted molar refractivity (Wildman–Crippen MR) is 185 cm³/mol. The summed E-state index contributed by atoms with van der Waals surface area (Å²) in [5.41, 5.74) is -12.5. The van der Waals surface area contributed by atoms with Crippen LogP contribution in [0.5, 0.6) is 0 Å². The van der Waals surface area contributed by atoms with Crippen LogP contribution in [0.3, 0.4) is 0 Å². The lowest BCUT2D eigenvalue weighted by Gasteiger charge is -2.76. The van der Waals surface area contributed by atoms with Gasteiger partial charge in [0.1, 0.15) is 29.0 Å². The highest BCUT2D eigenvalue weighted by Crippen LogP contribution is 2.89. The Kier molecular flexibility index (Phi) is 8.25. The highest BCUT2D eigenvalue weighted by atomic mass is 16.9. The maximum Gasteiger partial charge on any atom is 0.341 e. The first-order valence-electron chi connectivity index (χ1n) is 19.3. The van der Waals surface area contributed by atoms with Crippen LogP contribution in [-0.4, -0.2) is 101 Å². The van der Waals surface area contributed by atoms with Crippen molar-refractivity contribution in [3.05, 3.63) is 24.2 Å². The van der Waals surface area contributed by atoms with E-state index < -0.39 is 123 Å². The molecule has 4 aliphatic carbocycles. The second-order valence-electron chi connectivity index (χ2n) is 17.9. The van der Waals surface area contributed by atoms with Gasteiger partial charge in [0.25, 0.3) is 5.97 Å². The molecule has 3 saturated heterocycles. The molecule has 1 aromatic heterocycles. The second-order valence-corrected chi connectivity index (χ2v) is 17.9. The Labute approximate surface area is 324 Å². The summed E-state index contributed by atoms with van der Waals surface area (Å²) in [5, 5.41) is 14.1. The highest BCUT2D eigenvalue weighted by molar-refractivity contribution is 5.83. The molecule has 8 rings (SSSR count). The van der Waals surface area contributed by atoms with E-state index in [1.54, 1.807) is 33.8 Å². The van der Waals surface area contributed by atoms with Crippen LogP contribution in [0.2, 0.25) is 0 Å². The molecule has 56 heavy (non-hydrogen) atoms. The largest absolute Gasteiger partial charge is 0.472 e. The fourth-order valence-electron chi connectivity index (χ4n) is 13.1. The quantitative estimate of drug-likeness (QED) is 0.193. The number of carbonyl (C=O) groups is 5. The number of ether oxygens (including phenoxy) is 9. The van der Waals surface area contributed by atoms with E-state index >= 15 is 0 Å². The first kappa shape index (κ1) is 39.3. The molecule has 7 aliphatic rings. The van der Waals surface area contributed by atoms with Crippen LogP contribution in [0.25, 0.3) is 0 Å². The molecule has 2 spiro atoms. The zero-order valence-electron chi connectivity index (χ0n) is 33.5. The van der Waals surface area contributed by atoms with Crippen molar-refractivity contribution in [2.24, 2.45) is 28.1 Å². The Morgan fingerprint density at radius 1 is 0.875 bits per heavy atom. The monoisotopic (exact) mass is 788 g/mol. The maximum absolute atomic E-state index is 14.2. The average Bonchev–Trinajstić information content (AvgIpc) is 3.47. The van der Waals surface area contributed by atoms with Gasteiger partial charge in [-0.05, 0) is 45.1 Å². The fourth-order valence-corrected chi connectivity index (χ4v) is 13.1. The summed E-state index contributed by atoms with van der Waals surface area (Å²) in [6.07, 6.45) is -2.26. The number of aliphatic hydroxyl groups is 1. The molecule has 3 aliphatic heterocycles. The van der Waals surface area contributed by atoms with Crippen molar-refractivity contribution >= 4 is 29.8 Å². The van der Waals surface area contributed by atoms with Gasteiger partial charge in [0.15, 0.2) is 17.3 Å². The normalized spacial score (nSPS) is 49.1. The van der Waals surface area contributed by atoms with Gasteiger partial charge in [0.05, 0.1) is 39.3 Å². The number of esters is 5. The van der Waals surface area contributed by atoms with Gasteiger partial charge in [-0.1, -0.05) is 27.7 Å². The van der Waals surface area contributed by atoms with Gasteiger partial charge in [-0.3, -0.25) is 19.2 Å². The van der Waals surface area contributed by atoms with Crippen LogP contribution in [-0.2, 0) is 66.6 Å². The lowest BCUT2D eigenvalue weighted by atomic mass is 9.33. The van der Waals surface area contributed by atoms with Gasteiger partial charge in [-0.25, -0.2) is 4.79 Å². The molecule has 4 saturated carbocycles. The minimum absolute atomic E-state index is 0.0318. The van der Waals surface area contributed by atoms with Gasteiger partial charge in [-0.2, -0.15) is 0 Å². The molecule has 0 aromatic carbocycles. The Morgan fingerprint density at radius 2 is 1.50 bits per heavy atom. The summed E-state index contributed by atoms with van der Waals surface area (Å²) in [6, 6.07) is 1.65. The van der Waals surface area contributed by atoms with Crippen molar-refractivity contribution in [1.29, 1.82) is 0 Å². The third kappa shape index (κ3) is 4.29. The molecular weight excluding hydrogens is 736 g/mol. The van der Waals surface area contributed by atoms with Crippen LogP contribution < -0.4 is 0 Å². The fraction of sp³-hybridized carbons (Fsp3) is 0.775. The highest BCUT2D eigenvalue weighted by Gasteiger charge is 3.04. The summed E-state index contributed by atoms with van der Waals surface area (Å²) in [5.74, 6) is -7.22. The van der Waals surface area contributed by atoms with Gasteiger partial charge in [-0.15, -0.1) is 0 Å². The number of fused-ring (bicyclic) bond motifs is 2. The SMILES string of the molecule is CCC(=O)O[C@@H]1[C@@]2(O)[C@@H](OC(=O)[C@@]3(C)O[C@@H]3C)[C@@]3(C)C[C@]24OC2(C)O[C@]15[C@H](CC(=O)OC)[C@](C)([C@@H](OC(C)=O)c1ccoc1)CC[C@]5(O2)[C@]4(C)[C@H]3CC(=O)OC. The van der Waals surface area contributed by atoms with Crippen molar-refractivity contribution in [3.8, 4) is 0 Å². The van der Waals surface area contributed by atoms with E-state index in [0.717, 1.165) is 0 Å². The number of hydrogen-bond donors (Lipinski definition) is 1. The lowest BCUT2D eigenvalue weighted by Crippen LogP contribution is -2.93. The van der Waals surface area contributed by atoms with Crippen LogP contribution in [0.1, 0.15) is 106 Å². The first-order valence-corrected chi connectivity index (χ1v) is 19.3. The van der Waals surface area contributed by atoms with Gasteiger partial charge in [0, 0.05) is 54.4 Å². The Bertz CT molecular complexity index is 1880. The summed E-state index contributed by atoms with van der Waals surface area (Å²) in [6.45, 7) is 13.3. The Morgan fingerprint density at radius 3 is 2.05 bits per heavy atom. The van der Waals surface area contributed by atoms with E-state index in [1.165, 1.54) is 33.7 Å². The van der Waals surface area contributed by atoms with E-state index in [0.29, 0.717) is 5.56 Å². The van der Waals surface area contributed by atoms with E-state index in [9.17, 15) is 29.1 Å². The first-order chi connectivity index (χ1) is 26.1. The summed E-state index contributed by atoms with van der Waals surface area (Å²) < 4.78 is 62.3. The van der Waals surface area contributed by atoms with Crippen LogP contribution in [0.4, 0.5) is 0 Å². The number of rotatable bonds is 11. The average molecular weight is 789 g/mol. The number of methoxy groups -OCH3 is 2. The number of hydrogen-bond acceptors (Lipinski definition) is 16. The topological polar surface area (TPSA) is 205 Å². The second kappa shape index (κ2) is 11.8. The number of furan rings is 1. The third-order valence-electron chi connectivity index (χ3n) is 15.5. The minimum atomic E-state index is -2.40. The minimum Gasteiger partial charge on any atom is -0.472 e. The zero-order valence-corrected chi connectivity index (χ0v) is 33.5. The Balaban J connectivity index is 1.46. The molecule has 7 fully saturated rings. The summed E-state index contributed by atoms with van der Waals surface area (Å²) in [4.78, 5) is 68.4. The van der Waals surface area contributed by atoms with Crippen LogP contribution in [0, 0.1) is 28.1 Å². The van der Waals surface area contributed by atoms with E-state index in [2.05, 4.69) is 0 Å². The van der Waals surface area contributed by atoms with E-state index in [-0.39, 0.29) is 32.1 Å². The molecule has 16 heteroatoms. The smallest absolute Gasteiger partial charge is 0.341 e. The predicted octanol–water partition coefficient (Wildman–Crippen LogP) is 3.60. The molecule has 0 radical (unpaired) electrons. The number of epoxide rings is 1. The van der Waals surface area contributed by atoms with Gasteiger partial charge < -0.3 is 52.2 Å². The molecular formula is C40H52O16. The molecule has 4 heterocycles. The molecule has 1 aromatic rings. The van der Waals surface area contributed by atoms with Crippen molar-refractivity contribution in [1.82, 2.24) is 0 Å². The standard InChI is InChI=1S/C40H52O16/c1-11-25(42)51-30-39(46)29(52-31(45)34(6)20(2)53-34)33(5)19-38(39)35(7,23(33)16-26(43)47-9)37-14-13-32(4,28(50-21(3)41)22-12-15-49-18-22)24(17-27(44)48-10)40(30,37)56-36(8,54-37)55-38/h12,15,18,20,23-24,28-30,46H,11,13-14,16-17,19H2,1-10H3/t20-,23+,24-,28+,29+,30-,32-,33+,34+,35+,36?,37+,38-,39+,40-/m1/s1. The lowest BCUT2D eigenvalue weighted by molar-refractivity contribution is -0.477. The molecule has 4 bridgehead atoms. The molecule has 308 valence electrons. The van der Waals surface area contributed by atoms with Crippen molar-refractivity contribution < 1.29 is 76.1 Å². The maximum atomic E-state index is 14.2. The molecule has 1 N–H and O–H groups in total. The van der Waals surface area contributed by atoms with Crippen molar-refractivity contribution in [3.63, 3.8) is 0 Å². The van der Waals surface area contributed by atoms with Crippen molar-refractivity contribution in [2.75, 3.05) is 14.2 Å². The van der Waals surface area contributed by atoms with E-state index in [1.807, 2.05) is 20.8 Å². The summed E-state index contributed by atoms with van der Waals surface area (Å²) >= 11 is 0. The summed E-state index contributed by atoms with van der Waals surface area (Å²) in [7, 11) is 2.51. The van der Waals surface area contributed by atoms with E-state index in [4.69, 9.17) is 47.0 Å². The third-order valence-corrected chi connectivity index (χ3v) is 15.5. The van der Waals surface area contributed by atoms with Gasteiger partial charge in [0.2, 0.25) is 0 Å².